The highest BCUT2D eigenvalue weighted by atomic mass is 16.4. The molecule has 0 atom stereocenters. The molecule has 12 aromatic carbocycles. The molecule has 676 valence electrons. The molecule has 6 nitrogen and oxygen atoms in total. The van der Waals surface area contributed by atoms with Crippen molar-refractivity contribution < 1.29 is 8.83 Å². The lowest BCUT2D eigenvalue weighted by atomic mass is 9.33. The highest BCUT2D eigenvalue weighted by Crippen LogP contribution is 2.60. The smallest absolute Gasteiger partial charge is 0.257 e. The summed E-state index contributed by atoms with van der Waals surface area (Å²) >= 11 is 0. The molecular weight excluding hydrogens is 1610 g/mol. The first kappa shape index (κ1) is 87.4. The molecule has 6 heterocycles. The second-order valence-electron chi connectivity index (χ2n) is 50.8. The van der Waals surface area contributed by atoms with Crippen molar-refractivity contribution in [1.29, 1.82) is 0 Å². The van der Waals surface area contributed by atoms with Crippen LogP contribution in [-0.4, -0.2) is 13.4 Å². The van der Waals surface area contributed by atoms with Crippen LogP contribution >= 0.6 is 0 Å². The van der Waals surface area contributed by atoms with Crippen molar-refractivity contribution >= 4 is 137 Å². The minimum absolute atomic E-state index is 0.0198. The molecule has 133 heavy (non-hydrogen) atoms. The summed E-state index contributed by atoms with van der Waals surface area (Å²) in [5.74, 6) is 1.78. The van der Waals surface area contributed by atoms with Gasteiger partial charge in [-0.05, 0) is 338 Å². The van der Waals surface area contributed by atoms with Gasteiger partial charge in [0.2, 0.25) is 11.8 Å². The van der Waals surface area contributed by atoms with Crippen LogP contribution in [0.25, 0.3) is 44.2 Å². The Morgan fingerprint density at radius 1 is 0.271 bits per heavy atom. The largest absolute Gasteiger partial charge is 0.440 e. The second-order valence-corrected chi connectivity index (χ2v) is 50.8. The van der Waals surface area contributed by atoms with Crippen LogP contribution in [0.5, 0.6) is 0 Å². The Balaban J connectivity index is 0.784. The van der Waals surface area contributed by atoms with Gasteiger partial charge in [0.25, 0.3) is 13.4 Å². The Labute approximate surface area is 795 Å². The zero-order valence-corrected chi connectivity index (χ0v) is 84.7. The number of aryl methyl sites for hydroxylation is 1. The Bertz CT molecular complexity index is 7210. The lowest BCUT2D eigenvalue weighted by molar-refractivity contribution is 0.332. The zero-order chi connectivity index (χ0) is 93.6. The number of hydrogen-bond donors (Lipinski definition) is 0. The van der Waals surface area contributed by atoms with Crippen LogP contribution in [0.2, 0.25) is 0 Å². The maximum Gasteiger partial charge on any atom is 0.257 e. The second kappa shape index (κ2) is 29.1. The maximum absolute atomic E-state index is 8.03. The molecule has 8 aliphatic rings. The van der Waals surface area contributed by atoms with E-state index in [-0.39, 0.29) is 73.0 Å². The molecular formula is C125H138B2N4O2. The Kier molecular flexibility index (Phi) is 19.1. The van der Waals surface area contributed by atoms with E-state index in [1.807, 2.05) is 0 Å². The summed E-state index contributed by atoms with van der Waals surface area (Å²) in [6.45, 7) is 66.1. The quantitative estimate of drug-likeness (QED) is 0.127. The van der Waals surface area contributed by atoms with Crippen LogP contribution in [0.3, 0.4) is 0 Å². The minimum Gasteiger partial charge on any atom is -0.440 e. The first-order chi connectivity index (χ1) is 62.5. The van der Waals surface area contributed by atoms with Crippen molar-refractivity contribution in [1.82, 2.24) is 0 Å². The van der Waals surface area contributed by atoms with Crippen molar-refractivity contribution in [2.45, 2.75) is 316 Å². The summed E-state index contributed by atoms with van der Waals surface area (Å²) in [4.78, 5) is 10.7. The predicted octanol–water partition coefficient (Wildman–Crippen LogP) is 30.9. The highest BCUT2D eigenvalue weighted by molar-refractivity contribution is 7.02. The predicted molar refractivity (Wildman–Crippen MR) is 570 cm³/mol. The van der Waals surface area contributed by atoms with Crippen molar-refractivity contribution in [3.8, 4) is 22.3 Å². The van der Waals surface area contributed by atoms with Gasteiger partial charge in [0.05, 0.1) is 11.4 Å². The average molecular weight is 1750 g/mol. The molecule has 0 amide bonds. The van der Waals surface area contributed by atoms with Crippen LogP contribution in [0.15, 0.2) is 233 Å². The molecule has 2 aromatic heterocycles. The zero-order valence-electron chi connectivity index (χ0n) is 84.7. The normalized spacial score (nSPS) is 18.7. The first-order valence-corrected chi connectivity index (χ1v) is 50.2. The highest BCUT2D eigenvalue weighted by Gasteiger charge is 2.54. The third-order valence-corrected chi connectivity index (χ3v) is 34.5. The number of rotatable bonds is 10. The fourth-order valence-electron chi connectivity index (χ4n) is 25.3. The van der Waals surface area contributed by atoms with Gasteiger partial charge in [-0.2, -0.15) is 0 Å². The molecule has 0 spiro atoms. The number of furan rings is 2. The van der Waals surface area contributed by atoms with E-state index < -0.39 is 5.41 Å². The van der Waals surface area contributed by atoms with Crippen molar-refractivity contribution in [2.75, 3.05) is 19.6 Å². The third-order valence-electron chi connectivity index (χ3n) is 34.5. The van der Waals surface area contributed by atoms with Gasteiger partial charge in [-0.1, -0.05) is 308 Å². The van der Waals surface area contributed by atoms with E-state index >= 15 is 0 Å². The van der Waals surface area contributed by atoms with E-state index in [4.69, 9.17) is 8.83 Å². The molecule has 0 saturated heterocycles. The van der Waals surface area contributed by atoms with Gasteiger partial charge in [0.15, 0.2) is 0 Å². The lowest BCUT2D eigenvalue weighted by Gasteiger charge is -2.48. The molecule has 0 N–H and O–H groups in total. The van der Waals surface area contributed by atoms with E-state index in [0.29, 0.717) is 0 Å². The van der Waals surface area contributed by atoms with Crippen molar-refractivity contribution in [2.24, 2.45) is 0 Å². The summed E-state index contributed by atoms with van der Waals surface area (Å²) in [5.41, 5.74) is 43.3. The molecule has 0 saturated carbocycles. The third kappa shape index (κ3) is 13.6. The molecule has 0 fully saturated rings. The van der Waals surface area contributed by atoms with Gasteiger partial charge in [-0.3, -0.25) is 9.80 Å². The van der Waals surface area contributed by atoms with Gasteiger partial charge < -0.3 is 18.6 Å². The van der Waals surface area contributed by atoms with Crippen molar-refractivity contribution in [3.63, 3.8) is 0 Å². The summed E-state index contributed by atoms with van der Waals surface area (Å²) in [6.07, 6.45) is 10.7. The Morgan fingerprint density at radius 2 is 0.617 bits per heavy atom. The number of benzene rings is 12. The van der Waals surface area contributed by atoms with E-state index in [1.165, 1.54) is 173 Å². The number of hydrogen-bond acceptors (Lipinski definition) is 6. The molecule has 0 unspecified atom stereocenters. The SMILES string of the molecule is CC(C)(C)c1ccc(N2c3cc(C(C)(C)CCc4ccc5oc6c(c5c4)B4c5cc7c(cc5N(c5ccc8c(c5)C(C)(C)CCC8(C)C)c5cc(C(C)(C)C)cc(c54)N6c4ccc(C(C)(C)C)cc4-c4ccccc4)C(C)(C)CCC7(C)C)cc4c3B(c3cc5c(cc3N4c3ccc4c(c3)C(C)(C)CCC4(C)C)C(C)(C)CCC5(C)C)c3c2oc2ccccc32)c(-c2ccccc2)c1. The topological polar surface area (TPSA) is 39.2 Å². The fraction of sp³-hybridized carbons (Fsp3) is 0.392. The molecule has 4 aliphatic heterocycles. The summed E-state index contributed by atoms with van der Waals surface area (Å²) in [7, 11) is 0. The van der Waals surface area contributed by atoms with Gasteiger partial charge in [-0.15, -0.1) is 0 Å². The van der Waals surface area contributed by atoms with Gasteiger partial charge >= 0.3 is 0 Å². The van der Waals surface area contributed by atoms with E-state index in [9.17, 15) is 0 Å². The van der Waals surface area contributed by atoms with Crippen LogP contribution in [0.4, 0.5) is 68.6 Å². The summed E-state index contributed by atoms with van der Waals surface area (Å²) in [6, 6.07) is 90.0. The van der Waals surface area contributed by atoms with Crippen LogP contribution in [0, 0.1) is 0 Å². The van der Waals surface area contributed by atoms with Crippen LogP contribution in [-0.2, 0) is 71.4 Å². The average Bonchev–Trinajstić information content (AvgIpc) is 1.67. The van der Waals surface area contributed by atoms with Crippen molar-refractivity contribution in [3.05, 3.63) is 297 Å². The summed E-state index contributed by atoms with van der Waals surface area (Å²) < 4.78 is 15.8. The van der Waals surface area contributed by atoms with E-state index in [1.54, 1.807) is 0 Å². The van der Waals surface area contributed by atoms with E-state index in [0.717, 1.165) is 110 Å². The maximum atomic E-state index is 8.03. The lowest BCUT2D eigenvalue weighted by Crippen LogP contribution is -2.61. The summed E-state index contributed by atoms with van der Waals surface area (Å²) in [5, 5.41) is 2.33. The number of para-hydroxylation sites is 1. The number of nitrogens with zero attached hydrogens (tertiary/aromatic N) is 4. The first-order valence-electron chi connectivity index (χ1n) is 50.2. The van der Waals surface area contributed by atoms with Crippen LogP contribution < -0.4 is 52.4 Å². The molecule has 8 heteroatoms. The molecule has 4 aliphatic carbocycles. The van der Waals surface area contributed by atoms with Gasteiger partial charge in [0, 0.05) is 78.3 Å². The molecule has 14 aromatic rings. The minimum atomic E-state index is -0.421. The van der Waals surface area contributed by atoms with Gasteiger partial charge in [-0.25, -0.2) is 0 Å². The molecule has 22 rings (SSSR count). The number of anilines is 12. The fourth-order valence-corrected chi connectivity index (χ4v) is 25.3. The number of fused-ring (bicyclic) bond motifs is 16. The van der Waals surface area contributed by atoms with Gasteiger partial charge in [0.1, 0.15) is 11.2 Å². The van der Waals surface area contributed by atoms with Crippen LogP contribution in [0.1, 0.15) is 317 Å². The monoisotopic (exact) mass is 1750 g/mol. The standard InChI is InChI=1S/C125H138B2N4O2/c1-114(2,3)78-43-49-98(85(63-78)76-36-30-28-31-37-76)130-104-66-80(116(7,8)9)65-102-110(104)127(97-72-93-95(125(26,27)61-59-123(93,22)23)74-101(97)128(102)82-45-47-88-90(69-82)120(16,17)56-54-118(88,12)13)109-87-62-75(42-51-107(87)133-113(109)130)52-53-117(10,11)81-67-103-111-105(68-81)131(99-50-44-79(115(4,5)6)64-86(99)77-38-32-29-33-39-77)112-108(84-40-34-35-41-106(84)132-112)126(111)96-71-92-94(124(24,25)60-58-122(92,20)21)73-100(96)129(103)83-46-48-89-91(70-83)121(18,19)57-55-119(89,14)15/h28-51,62-74H,52-61H2,1-27H3. The Morgan fingerprint density at radius 3 is 1.02 bits per heavy atom. The van der Waals surface area contributed by atoms with E-state index in [2.05, 4.69) is 431 Å². The molecule has 0 bridgehead atoms. The molecule has 0 radical (unpaired) electrons. The Hall–Kier alpha value is -11.0.